The van der Waals surface area contributed by atoms with Crippen molar-refractivity contribution in [3.63, 3.8) is 0 Å². The number of carbonyl (C=O) groups excluding carboxylic acids is 1. The van der Waals surface area contributed by atoms with E-state index < -0.39 is 0 Å². The molecule has 4 rings (SSSR count). The summed E-state index contributed by atoms with van der Waals surface area (Å²) in [6.07, 6.45) is 3.02. The normalized spacial score (nSPS) is 16.8. The van der Waals surface area contributed by atoms with Crippen molar-refractivity contribution in [3.8, 4) is 28.9 Å². The van der Waals surface area contributed by atoms with Gasteiger partial charge < -0.3 is 14.9 Å². The molecular weight excluding hydrogens is 392 g/mol. The quantitative estimate of drug-likeness (QED) is 0.705. The molecule has 0 saturated carbocycles. The Labute approximate surface area is 181 Å². The van der Waals surface area contributed by atoms with Crippen molar-refractivity contribution in [2.45, 2.75) is 19.9 Å². The van der Waals surface area contributed by atoms with Crippen molar-refractivity contribution in [2.24, 2.45) is 0 Å². The molecule has 1 aromatic carbocycles. The van der Waals surface area contributed by atoms with Gasteiger partial charge in [-0.3, -0.25) is 4.79 Å². The van der Waals surface area contributed by atoms with E-state index in [0.717, 1.165) is 18.7 Å². The van der Waals surface area contributed by atoms with Crippen LogP contribution in [-0.2, 0) is 0 Å². The Morgan fingerprint density at radius 3 is 2.74 bits per heavy atom. The lowest BCUT2D eigenvalue weighted by atomic mass is 10.0. The molecule has 158 valence electrons. The van der Waals surface area contributed by atoms with Crippen LogP contribution in [-0.4, -0.2) is 68.3 Å². The number of pyridine rings is 1. The molecule has 8 heteroatoms. The number of nitrogens with zero attached hydrogens (tertiary/aromatic N) is 6. The number of aromatic nitrogens is 3. The monoisotopic (exact) mass is 416 g/mol. The van der Waals surface area contributed by atoms with Crippen LogP contribution in [0.5, 0.6) is 5.75 Å². The average molecular weight is 416 g/mol. The van der Waals surface area contributed by atoms with Crippen LogP contribution >= 0.6 is 0 Å². The van der Waals surface area contributed by atoms with Crippen molar-refractivity contribution in [1.82, 2.24) is 24.6 Å². The third kappa shape index (κ3) is 3.88. The second-order valence-corrected chi connectivity index (χ2v) is 7.91. The van der Waals surface area contributed by atoms with Gasteiger partial charge in [0, 0.05) is 37.4 Å². The van der Waals surface area contributed by atoms with Crippen LogP contribution in [0.1, 0.15) is 28.4 Å². The van der Waals surface area contributed by atoms with Gasteiger partial charge in [0.2, 0.25) is 0 Å². The second-order valence-electron chi connectivity index (χ2n) is 7.91. The third-order valence-corrected chi connectivity index (χ3v) is 5.73. The molecule has 0 aliphatic carbocycles. The van der Waals surface area contributed by atoms with Gasteiger partial charge in [0.05, 0.1) is 23.4 Å². The highest BCUT2D eigenvalue weighted by Crippen LogP contribution is 2.32. The zero-order chi connectivity index (χ0) is 22.1. The van der Waals surface area contributed by atoms with Crippen molar-refractivity contribution in [3.05, 3.63) is 59.4 Å². The summed E-state index contributed by atoms with van der Waals surface area (Å²) in [7, 11) is 2.06. The highest BCUT2D eigenvalue weighted by atomic mass is 16.3. The number of nitriles is 1. The molecule has 1 amide bonds. The summed E-state index contributed by atoms with van der Waals surface area (Å²) in [5.41, 5.74) is 2.87. The van der Waals surface area contributed by atoms with Crippen LogP contribution in [0.4, 0.5) is 0 Å². The number of hydrogen-bond donors (Lipinski definition) is 1. The van der Waals surface area contributed by atoms with Crippen LogP contribution in [0.2, 0.25) is 0 Å². The molecule has 8 nitrogen and oxygen atoms in total. The molecule has 1 aliphatic heterocycles. The molecular formula is C23H24N6O2. The van der Waals surface area contributed by atoms with Crippen LogP contribution in [0.3, 0.4) is 0 Å². The van der Waals surface area contributed by atoms with E-state index in [2.05, 4.69) is 28.1 Å². The van der Waals surface area contributed by atoms with E-state index >= 15 is 0 Å². The van der Waals surface area contributed by atoms with Gasteiger partial charge >= 0.3 is 0 Å². The summed E-state index contributed by atoms with van der Waals surface area (Å²) >= 11 is 0. The van der Waals surface area contributed by atoms with E-state index in [9.17, 15) is 15.2 Å². The first kappa shape index (κ1) is 20.6. The number of likely N-dealkylation sites (N-methyl/N-ethyl adjacent to an activating group) is 1. The lowest BCUT2D eigenvalue weighted by Crippen LogP contribution is -2.52. The first-order valence-corrected chi connectivity index (χ1v) is 10.1. The summed E-state index contributed by atoms with van der Waals surface area (Å²) in [6, 6.07) is 11.0. The number of benzene rings is 1. The maximum absolute atomic E-state index is 12.9. The number of piperazine rings is 1. The standard InChI is InChI=1S/C23H24N6O2/c1-15-13-27(3)9-10-28(15)23(31)18-7-8-21(25-12-18)29-14-20(30)22(26-29)19-6-4-5-17(11-24)16(19)2/h4-8,12,14-15,30H,9-10,13H2,1-3H3/t15-/m0/s1. The van der Waals surface area contributed by atoms with Gasteiger partial charge in [-0.15, -0.1) is 0 Å². The second kappa shape index (κ2) is 8.20. The maximum Gasteiger partial charge on any atom is 0.255 e. The predicted molar refractivity (Wildman–Crippen MR) is 116 cm³/mol. The molecule has 0 radical (unpaired) electrons. The van der Waals surface area contributed by atoms with E-state index in [4.69, 9.17) is 0 Å². The zero-order valence-electron chi connectivity index (χ0n) is 17.8. The molecule has 0 spiro atoms. The Hall–Kier alpha value is -3.70. The number of carbonyl (C=O) groups is 1. The Morgan fingerprint density at radius 1 is 1.26 bits per heavy atom. The van der Waals surface area contributed by atoms with E-state index in [0.29, 0.717) is 34.7 Å². The lowest BCUT2D eigenvalue weighted by molar-refractivity contribution is 0.0533. The summed E-state index contributed by atoms with van der Waals surface area (Å²) in [6.45, 7) is 6.26. The van der Waals surface area contributed by atoms with Crippen LogP contribution in [0, 0.1) is 18.3 Å². The molecule has 1 N–H and O–H groups in total. The molecule has 1 fully saturated rings. The highest BCUT2D eigenvalue weighted by molar-refractivity contribution is 5.94. The van der Waals surface area contributed by atoms with Gasteiger partial charge in [-0.2, -0.15) is 10.4 Å². The molecule has 3 heterocycles. The number of amides is 1. The molecule has 3 aromatic rings. The van der Waals surface area contributed by atoms with E-state index in [1.807, 2.05) is 24.8 Å². The van der Waals surface area contributed by atoms with Crippen molar-refractivity contribution < 1.29 is 9.90 Å². The van der Waals surface area contributed by atoms with E-state index in [1.165, 1.54) is 10.9 Å². The number of rotatable bonds is 3. The Balaban J connectivity index is 1.59. The summed E-state index contributed by atoms with van der Waals surface area (Å²) < 4.78 is 1.47. The summed E-state index contributed by atoms with van der Waals surface area (Å²) in [5.74, 6) is 0.442. The lowest BCUT2D eigenvalue weighted by Gasteiger charge is -2.38. The topological polar surface area (TPSA) is 98.3 Å². The maximum atomic E-state index is 12.9. The third-order valence-electron chi connectivity index (χ3n) is 5.73. The van der Waals surface area contributed by atoms with Gasteiger partial charge in [0.15, 0.2) is 11.6 Å². The van der Waals surface area contributed by atoms with E-state index in [-0.39, 0.29) is 17.7 Å². The van der Waals surface area contributed by atoms with Crippen molar-refractivity contribution >= 4 is 5.91 Å². The summed E-state index contributed by atoms with van der Waals surface area (Å²) in [4.78, 5) is 21.4. The molecule has 1 saturated heterocycles. The minimum atomic E-state index is -0.0346. The zero-order valence-corrected chi connectivity index (χ0v) is 17.8. The molecule has 1 atom stereocenters. The Bertz CT molecular complexity index is 1160. The fraction of sp³-hybridized carbons (Fsp3) is 0.304. The van der Waals surface area contributed by atoms with Gasteiger partial charge in [-0.1, -0.05) is 12.1 Å². The highest BCUT2D eigenvalue weighted by Gasteiger charge is 2.26. The average Bonchev–Trinajstić information content (AvgIpc) is 3.15. The van der Waals surface area contributed by atoms with Gasteiger partial charge in [0.25, 0.3) is 5.91 Å². The molecule has 0 bridgehead atoms. The molecule has 1 aliphatic rings. The predicted octanol–water partition coefficient (Wildman–Crippen LogP) is 2.60. The first-order chi connectivity index (χ1) is 14.9. The first-order valence-electron chi connectivity index (χ1n) is 10.1. The van der Waals surface area contributed by atoms with Crippen molar-refractivity contribution in [1.29, 1.82) is 5.26 Å². The Kier molecular flexibility index (Phi) is 5.44. The minimum Gasteiger partial charge on any atom is -0.504 e. The van der Waals surface area contributed by atoms with Crippen LogP contribution in [0.15, 0.2) is 42.7 Å². The molecule has 31 heavy (non-hydrogen) atoms. The fourth-order valence-corrected chi connectivity index (χ4v) is 3.94. The SMILES string of the molecule is Cc1c(C#N)cccc1-c1nn(-c2ccc(C(=O)N3CCN(C)C[C@@H]3C)cn2)cc1O. The number of aromatic hydroxyl groups is 1. The van der Waals surface area contributed by atoms with Gasteiger partial charge in [-0.25, -0.2) is 9.67 Å². The van der Waals surface area contributed by atoms with Crippen LogP contribution < -0.4 is 0 Å². The van der Waals surface area contributed by atoms with Crippen LogP contribution in [0.25, 0.3) is 17.1 Å². The smallest absolute Gasteiger partial charge is 0.255 e. The fourth-order valence-electron chi connectivity index (χ4n) is 3.94. The van der Waals surface area contributed by atoms with Crippen molar-refractivity contribution in [2.75, 3.05) is 26.7 Å². The Morgan fingerprint density at radius 2 is 2.06 bits per heavy atom. The molecule has 2 aromatic heterocycles. The number of hydrogen-bond acceptors (Lipinski definition) is 6. The van der Waals surface area contributed by atoms with Gasteiger partial charge in [0.1, 0.15) is 5.69 Å². The van der Waals surface area contributed by atoms with Gasteiger partial charge in [-0.05, 0) is 44.7 Å². The molecule has 0 unspecified atom stereocenters. The summed E-state index contributed by atoms with van der Waals surface area (Å²) in [5, 5.41) is 24.2. The largest absolute Gasteiger partial charge is 0.504 e. The van der Waals surface area contributed by atoms with E-state index in [1.54, 1.807) is 30.5 Å². The minimum absolute atomic E-state index is 0.00796.